The SMILES string of the molecule is COc1ccc(C(C)(C)C(C)(C)c2ccc(C(F)(F)F)cc2)cc1C([N+](=O)[O-])([N+](=O)[O-])[N+](=O)[O-]. The largest absolute Gasteiger partial charge is 0.732 e. The molecule has 0 N–H and O–H groups in total. The quantitative estimate of drug-likeness (QED) is 0.294. The van der Waals surface area contributed by atoms with E-state index in [1.165, 1.54) is 18.2 Å². The van der Waals surface area contributed by atoms with Crippen LogP contribution in [0, 0.1) is 30.3 Å². The molecule has 0 spiro atoms. The molecule has 0 aromatic heterocycles. The smallest absolute Gasteiger partial charge is 0.496 e. The maximum Gasteiger partial charge on any atom is 0.732 e. The van der Waals surface area contributed by atoms with E-state index in [4.69, 9.17) is 4.74 Å². The van der Waals surface area contributed by atoms with Gasteiger partial charge in [-0.25, -0.2) is 0 Å². The van der Waals surface area contributed by atoms with Gasteiger partial charge in [-0.3, -0.25) is 30.3 Å². The van der Waals surface area contributed by atoms with Gasteiger partial charge in [-0.15, -0.1) is 0 Å². The lowest BCUT2D eigenvalue weighted by Gasteiger charge is -2.43. The number of hydrogen-bond acceptors (Lipinski definition) is 7. The summed E-state index contributed by atoms with van der Waals surface area (Å²) < 4.78 is 43.8. The molecule has 0 saturated carbocycles. The average Bonchev–Trinajstić information content (AvgIpc) is 2.72. The van der Waals surface area contributed by atoms with E-state index in [1.54, 1.807) is 27.7 Å². The molecular weight excluding hydrogens is 463 g/mol. The van der Waals surface area contributed by atoms with Crippen molar-refractivity contribution in [2.75, 3.05) is 7.11 Å². The first-order valence-corrected chi connectivity index (χ1v) is 9.75. The van der Waals surface area contributed by atoms with E-state index in [0.29, 0.717) is 5.56 Å². The van der Waals surface area contributed by atoms with Gasteiger partial charge in [0.2, 0.25) is 5.56 Å². The second kappa shape index (κ2) is 8.54. The summed E-state index contributed by atoms with van der Waals surface area (Å²) in [4.78, 5) is 30.1. The number of rotatable bonds is 8. The minimum Gasteiger partial charge on any atom is -0.496 e. The van der Waals surface area contributed by atoms with Gasteiger partial charge in [-0.1, -0.05) is 45.9 Å². The minimum atomic E-state index is -4.53. The number of methoxy groups -OCH3 is 1. The Labute approximate surface area is 191 Å². The molecule has 184 valence electrons. The molecule has 0 unspecified atom stereocenters. The van der Waals surface area contributed by atoms with Crippen LogP contribution in [0.15, 0.2) is 42.5 Å². The zero-order valence-electron chi connectivity index (χ0n) is 18.9. The summed E-state index contributed by atoms with van der Waals surface area (Å²) in [6, 6.07) is 8.00. The highest BCUT2D eigenvalue weighted by Crippen LogP contribution is 2.46. The monoisotopic (exact) mass is 485 g/mol. The van der Waals surface area contributed by atoms with Crippen molar-refractivity contribution < 1.29 is 32.7 Å². The summed E-state index contributed by atoms with van der Waals surface area (Å²) in [6.45, 7) is 6.76. The van der Waals surface area contributed by atoms with Crippen molar-refractivity contribution in [2.45, 2.75) is 50.5 Å². The van der Waals surface area contributed by atoms with Crippen LogP contribution in [0.5, 0.6) is 5.75 Å². The highest BCUT2D eigenvalue weighted by atomic mass is 19.4. The van der Waals surface area contributed by atoms with Crippen molar-refractivity contribution in [3.8, 4) is 5.75 Å². The van der Waals surface area contributed by atoms with E-state index in [9.17, 15) is 43.5 Å². The third kappa shape index (κ3) is 4.01. The van der Waals surface area contributed by atoms with Gasteiger partial charge in [0.1, 0.15) is 5.75 Å². The van der Waals surface area contributed by atoms with Gasteiger partial charge >= 0.3 is 12.0 Å². The molecule has 0 saturated heterocycles. The van der Waals surface area contributed by atoms with Crippen LogP contribution in [0.3, 0.4) is 0 Å². The topological polar surface area (TPSA) is 139 Å². The predicted molar refractivity (Wildman–Crippen MR) is 113 cm³/mol. The normalized spacial score (nSPS) is 12.8. The molecule has 0 aliphatic heterocycles. The molecule has 0 fully saturated rings. The molecule has 0 bridgehead atoms. The van der Waals surface area contributed by atoms with Crippen LogP contribution in [0.2, 0.25) is 0 Å². The van der Waals surface area contributed by atoms with Crippen LogP contribution >= 0.6 is 0 Å². The summed E-state index contributed by atoms with van der Waals surface area (Å²) in [5, 5.41) is 34.9. The Morgan fingerprint density at radius 2 is 1.09 bits per heavy atom. The van der Waals surface area contributed by atoms with Gasteiger partial charge in [-0.2, -0.15) is 13.2 Å². The van der Waals surface area contributed by atoms with E-state index in [1.807, 2.05) is 0 Å². The Bertz CT molecular complexity index is 1090. The van der Waals surface area contributed by atoms with Gasteiger partial charge in [0.15, 0.2) is 14.8 Å². The van der Waals surface area contributed by atoms with Crippen molar-refractivity contribution in [2.24, 2.45) is 0 Å². The van der Waals surface area contributed by atoms with Crippen molar-refractivity contribution in [1.82, 2.24) is 0 Å². The van der Waals surface area contributed by atoms with Crippen LogP contribution < -0.4 is 4.74 Å². The molecule has 13 heteroatoms. The van der Waals surface area contributed by atoms with Crippen molar-refractivity contribution >= 4 is 0 Å². The maximum atomic E-state index is 13.0. The Kier molecular flexibility index (Phi) is 6.65. The van der Waals surface area contributed by atoms with Crippen molar-refractivity contribution in [3.63, 3.8) is 0 Å². The average molecular weight is 485 g/mol. The van der Waals surface area contributed by atoms with Gasteiger partial charge < -0.3 is 4.74 Å². The lowest BCUT2D eigenvalue weighted by molar-refractivity contribution is -0.986. The second-order valence-electron chi connectivity index (χ2n) is 8.65. The highest BCUT2D eigenvalue weighted by molar-refractivity contribution is 5.45. The predicted octanol–water partition coefficient (Wildman–Crippen LogP) is 4.91. The number of halogens is 3. The van der Waals surface area contributed by atoms with Crippen molar-refractivity contribution in [3.05, 3.63) is 95.1 Å². The Hall–Kier alpha value is -3.77. The molecule has 10 nitrogen and oxygen atoms in total. The van der Waals surface area contributed by atoms with Gasteiger partial charge in [0.05, 0.1) is 12.7 Å². The third-order valence-corrected chi connectivity index (χ3v) is 6.54. The van der Waals surface area contributed by atoms with Crippen LogP contribution in [0.4, 0.5) is 13.2 Å². The molecule has 0 amide bonds. The van der Waals surface area contributed by atoms with E-state index in [-0.39, 0.29) is 5.56 Å². The summed E-state index contributed by atoms with van der Waals surface area (Å²) >= 11 is 0. The maximum absolute atomic E-state index is 13.0. The zero-order valence-corrected chi connectivity index (χ0v) is 18.9. The molecule has 2 rings (SSSR count). The van der Waals surface area contributed by atoms with Gasteiger partial charge in [0.25, 0.3) is 0 Å². The molecule has 0 atom stereocenters. The third-order valence-electron chi connectivity index (χ3n) is 6.54. The molecule has 0 aliphatic carbocycles. The molecule has 0 radical (unpaired) electrons. The zero-order chi connectivity index (χ0) is 26.3. The molecular formula is C21H22F3N3O7. The summed E-state index contributed by atoms with van der Waals surface area (Å²) in [6.07, 6.45) is -4.53. The highest BCUT2D eigenvalue weighted by Gasteiger charge is 2.74. The molecule has 0 aliphatic rings. The first-order chi connectivity index (χ1) is 15.4. The Morgan fingerprint density at radius 1 is 0.706 bits per heavy atom. The fourth-order valence-corrected chi connectivity index (χ4v) is 3.65. The van der Waals surface area contributed by atoms with Crippen LogP contribution in [0.25, 0.3) is 0 Å². The van der Waals surface area contributed by atoms with Gasteiger partial charge in [-0.05, 0) is 46.2 Å². The number of nitrogens with zero attached hydrogens (tertiary/aromatic N) is 3. The molecule has 2 aromatic carbocycles. The Balaban J connectivity index is 2.75. The van der Waals surface area contributed by atoms with Crippen LogP contribution in [-0.2, 0) is 22.8 Å². The summed E-state index contributed by atoms with van der Waals surface area (Å²) in [5.41, 5.74) is -2.96. The molecule has 34 heavy (non-hydrogen) atoms. The Morgan fingerprint density at radius 3 is 1.47 bits per heavy atom. The van der Waals surface area contributed by atoms with E-state index >= 15 is 0 Å². The lowest BCUT2D eigenvalue weighted by atomic mass is 9.61. The molecule has 2 aromatic rings. The van der Waals surface area contributed by atoms with E-state index < -0.39 is 54.4 Å². The number of ether oxygens (including phenoxy) is 1. The van der Waals surface area contributed by atoms with Gasteiger partial charge in [0, 0.05) is 0 Å². The summed E-state index contributed by atoms with van der Waals surface area (Å²) in [5.74, 6) is -4.35. The number of benzene rings is 2. The fraction of sp³-hybridized carbons (Fsp3) is 0.429. The minimum absolute atomic E-state index is 0.239. The van der Waals surface area contributed by atoms with Crippen LogP contribution in [-0.4, -0.2) is 21.9 Å². The summed E-state index contributed by atoms with van der Waals surface area (Å²) in [7, 11) is 1.06. The standard InChI is InChI=1S/C21H22F3N3O7/c1-18(2,13-6-8-14(9-7-13)20(22,23)24)19(3,4)15-10-11-17(34-5)16(12-15)21(25(28)29,26(30)31)27(32)33/h6-12H,1-5H3. The first-order valence-electron chi connectivity index (χ1n) is 9.75. The number of hydrogen-bond donors (Lipinski definition) is 0. The number of alkyl halides is 3. The second-order valence-corrected chi connectivity index (χ2v) is 8.65. The van der Waals surface area contributed by atoms with E-state index in [0.717, 1.165) is 31.4 Å². The van der Waals surface area contributed by atoms with E-state index in [2.05, 4.69) is 0 Å². The fourth-order valence-electron chi connectivity index (χ4n) is 3.65. The van der Waals surface area contributed by atoms with Crippen LogP contribution in [0.1, 0.15) is 49.9 Å². The molecule has 0 heterocycles. The number of nitro groups is 3. The van der Waals surface area contributed by atoms with Crippen molar-refractivity contribution in [1.29, 1.82) is 0 Å². The lowest BCUT2D eigenvalue weighted by Crippen LogP contribution is -2.50. The first kappa shape index (κ1) is 26.5.